The molecular weight excluding hydrogens is 307 g/mol. The fourth-order valence-electron chi connectivity index (χ4n) is 1.61. The lowest BCUT2D eigenvalue weighted by molar-refractivity contribution is -0.122. The summed E-state index contributed by atoms with van der Waals surface area (Å²) in [6.45, 7) is 4.52. The van der Waals surface area contributed by atoms with Crippen LogP contribution in [0.1, 0.15) is 25.8 Å². The Morgan fingerprint density at radius 2 is 1.89 bits per heavy atom. The van der Waals surface area contributed by atoms with Gasteiger partial charge < -0.3 is 10.6 Å². The van der Waals surface area contributed by atoms with Gasteiger partial charge in [0.15, 0.2) is 0 Å². The number of benzene rings is 1. The molecule has 0 spiro atoms. The second kappa shape index (κ2) is 7.95. The van der Waals surface area contributed by atoms with E-state index in [9.17, 15) is 4.79 Å². The topological polar surface area (TPSA) is 41.1 Å². The molecule has 0 saturated carbocycles. The number of halogens is 3. The first-order valence-electron chi connectivity index (χ1n) is 5.78. The van der Waals surface area contributed by atoms with E-state index in [1.54, 1.807) is 12.1 Å². The normalized spacial score (nSPS) is 10.8. The summed E-state index contributed by atoms with van der Waals surface area (Å²) in [5.74, 6) is 0.000391. The predicted octanol–water partition coefficient (Wildman–Crippen LogP) is 3.38. The van der Waals surface area contributed by atoms with E-state index >= 15 is 0 Å². The average Bonchev–Trinajstić information content (AvgIpc) is 2.29. The number of rotatable bonds is 5. The highest BCUT2D eigenvalue weighted by atomic mass is 35.5. The fourth-order valence-corrected chi connectivity index (χ4v) is 1.90. The third kappa shape index (κ3) is 5.57. The first-order valence-corrected chi connectivity index (χ1v) is 6.53. The van der Waals surface area contributed by atoms with Gasteiger partial charge in [0.1, 0.15) is 0 Å². The number of amides is 1. The summed E-state index contributed by atoms with van der Waals surface area (Å²) >= 11 is 11.9. The molecule has 0 bridgehead atoms. The van der Waals surface area contributed by atoms with E-state index in [4.69, 9.17) is 23.2 Å². The molecule has 1 aromatic carbocycles. The molecule has 0 atom stereocenters. The molecule has 1 rings (SSSR count). The van der Waals surface area contributed by atoms with Crippen LogP contribution in [0, 0.1) is 0 Å². The minimum atomic E-state index is -0.473. The summed E-state index contributed by atoms with van der Waals surface area (Å²) in [5.41, 5.74) is 0.452. The van der Waals surface area contributed by atoms with Crippen molar-refractivity contribution in [3.05, 3.63) is 33.8 Å². The molecule has 0 aliphatic rings. The van der Waals surface area contributed by atoms with Crippen molar-refractivity contribution in [3.63, 3.8) is 0 Å². The molecule has 0 unspecified atom stereocenters. The van der Waals surface area contributed by atoms with E-state index in [2.05, 4.69) is 10.6 Å². The zero-order chi connectivity index (χ0) is 13.8. The standard InChI is InChI=1S/C13H18Cl2N2O.ClH/c1-13(2,17-12(18)6-7-16-3)9-4-5-10(14)11(15)8-9;/h4-5,8,16H,6-7H2,1-3H3,(H,17,18);1H. The van der Waals surface area contributed by atoms with Gasteiger partial charge in [-0.05, 0) is 38.6 Å². The molecule has 0 aromatic heterocycles. The Hall–Kier alpha value is -0.480. The van der Waals surface area contributed by atoms with Gasteiger partial charge in [0, 0.05) is 13.0 Å². The largest absolute Gasteiger partial charge is 0.347 e. The van der Waals surface area contributed by atoms with E-state index in [1.807, 2.05) is 27.0 Å². The summed E-state index contributed by atoms with van der Waals surface area (Å²) in [7, 11) is 1.82. The lowest BCUT2D eigenvalue weighted by Crippen LogP contribution is -2.41. The van der Waals surface area contributed by atoms with Gasteiger partial charge >= 0.3 is 0 Å². The van der Waals surface area contributed by atoms with Crippen LogP contribution in [-0.2, 0) is 10.3 Å². The lowest BCUT2D eigenvalue weighted by Gasteiger charge is -2.27. The van der Waals surface area contributed by atoms with Crippen LogP contribution in [-0.4, -0.2) is 19.5 Å². The average molecular weight is 326 g/mol. The van der Waals surface area contributed by atoms with Gasteiger partial charge in [-0.1, -0.05) is 29.3 Å². The minimum absolute atomic E-state index is 0. The fraction of sp³-hybridized carbons (Fsp3) is 0.462. The molecule has 0 saturated heterocycles. The Morgan fingerprint density at radius 1 is 1.26 bits per heavy atom. The Labute approximate surface area is 130 Å². The third-order valence-electron chi connectivity index (χ3n) is 2.70. The SMILES string of the molecule is CNCCC(=O)NC(C)(C)c1ccc(Cl)c(Cl)c1.Cl. The second-order valence-electron chi connectivity index (χ2n) is 4.66. The Balaban J connectivity index is 0.00000324. The maximum Gasteiger partial charge on any atom is 0.221 e. The molecule has 0 radical (unpaired) electrons. The first-order chi connectivity index (χ1) is 8.36. The zero-order valence-electron chi connectivity index (χ0n) is 11.2. The molecular formula is C13H19Cl3N2O. The van der Waals surface area contributed by atoms with E-state index < -0.39 is 5.54 Å². The van der Waals surface area contributed by atoms with Gasteiger partial charge in [-0.25, -0.2) is 0 Å². The number of hydrogen-bond donors (Lipinski definition) is 2. The smallest absolute Gasteiger partial charge is 0.221 e. The van der Waals surface area contributed by atoms with Crippen LogP contribution in [0.15, 0.2) is 18.2 Å². The zero-order valence-corrected chi connectivity index (χ0v) is 13.5. The molecule has 6 heteroatoms. The molecule has 108 valence electrons. The monoisotopic (exact) mass is 324 g/mol. The molecule has 1 aromatic rings. The van der Waals surface area contributed by atoms with Gasteiger partial charge in [0.05, 0.1) is 15.6 Å². The quantitative estimate of drug-likeness (QED) is 0.871. The van der Waals surface area contributed by atoms with Crippen molar-refractivity contribution in [1.29, 1.82) is 0 Å². The summed E-state index contributed by atoms with van der Waals surface area (Å²) in [5, 5.41) is 6.92. The van der Waals surface area contributed by atoms with Crippen molar-refractivity contribution < 1.29 is 4.79 Å². The molecule has 19 heavy (non-hydrogen) atoms. The number of carbonyl (C=O) groups is 1. The minimum Gasteiger partial charge on any atom is -0.347 e. The number of hydrogen-bond acceptors (Lipinski definition) is 2. The highest BCUT2D eigenvalue weighted by Crippen LogP contribution is 2.28. The maximum absolute atomic E-state index is 11.7. The molecule has 0 heterocycles. The van der Waals surface area contributed by atoms with Gasteiger partial charge in [-0.2, -0.15) is 0 Å². The molecule has 0 fully saturated rings. The number of carbonyl (C=O) groups excluding carboxylic acids is 1. The van der Waals surface area contributed by atoms with Crippen LogP contribution < -0.4 is 10.6 Å². The van der Waals surface area contributed by atoms with Crippen LogP contribution in [0.5, 0.6) is 0 Å². The van der Waals surface area contributed by atoms with Gasteiger partial charge in [0.25, 0.3) is 0 Å². The third-order valence-corrected chi connectivity index (χ3v) is 3.43. The van der Waals surface area contributed by atoms with Gasteiger partial charge in [-0.3, -0.25) is 4.79 Å². The van der Waals surface area contributed by atoms with Crippen molar-refractivity contribution in [2.24, 2.45) is 0 Å². The Morgan fingerprint density at radius 3 is 2.42 bits per heavy atom. The van der Waals surface area contributed by atoms with E-state index in [1.165, 1.54) is 0 Å². The molecule has 1 amide bonds. The van der Waals surface area contributed by atoms with E-state index in [-0.39, 0.29) is 18.3 Å². The lowest BCUT2D eigenvalue weighted by atomic mass is 9.94. The summed E-state index contributed by atoms with van der Waals surface area (Å²) in [6.07, 6.45) is 0.446. The summed E-state index contributed by atoms with van der Waals surface area (Å²) in [4.78, 5) is 11.7. The number of nitrogens with one attached hydrogen (secondary N) is 2. The van der Waals surface area contributed by atoms with Crippen LogP contribution >= 0.6 is 35.6 Å². The van der Waals surface area contributed by atoms with Crippen LogP contribution in [0.4, 0.5) is 0 Å². The molecule has 0 aliphatic heterocycles. The van der Waals surface area contributed by atoms with Crippen molar-refractivity contribution in [2.45, 2.75) is 25.8 Å². The maximum atomic E-state index is 11.7. The highest BCUT2D eigenvalue weighted by molar-refractivity contribution is 6.42. The van der Waals surface area contributed by atoms with Crippen LogP contribution in [0.25, 0.3) is 0 Å². The Bertz CT molecular complexity index is 436. The van der Waals surface area contributed by atoms with Gasteiger partial charge in [-0.15, -0.1) is 12.4 Å². The Kier molecular flexibility index (Phi) is 7.75. The second-order valence-corrected chi connectivity index (χ2v) is 5.47. The highest BCUT2D eigenvalue weighted by Gasteiger charge is 2.23. The predicted molar refractivity (Wildman–Crippen MR) is 83.4 cm³/mol. The van der Waals surface area contributed by atoms with Crippen molar-refractivity contribution in [2.75, 3.05) is 13.6 Å². The van der Waals surface area contributed by atoms with Crippen LogP contribution in [0.3, 0.4) is 0 Å². The van der Waals surface area contributed by atoms with Crippen molar-refractivity contribution >= 4 is 41.5 Å². The van der Waals surface area contributed by atoms with Crippen LogP contribution in [0.2, 0.25) is 10.0 Å². The summed E-state index contributed by atoms with van der Waals surface area (Å²) < 4.78 is 0. The molecule has 3 nitrogen and oxygen atoms in total. The van der Waals surface area contributed by atoms with Gasteiger partial charge in [0.2, 0.25) is 5.91 Å². The first kappa shape index (κ1) is 18.5. The van der Waals surface area contributed by atoms with E-state index in [0.717, 1.165) is 5.56 Å². The van der Waals surface area contributed by atoms with E-state index in [0.29, 0.717) is 23.0 Å². The van der Waals surface area contributed by atoms with Crippen molar-refractivity contribution in [1.82, 2.24) is 10.6 Å². The molecule has 2 N–H and O–H groups in total. The molecule has 0 aliphatic carbocycles. The van der Waals surface area contributed by atoms with Crippen molar-refractivity contribution in [3.8, 4) is 0 Å². The summed E-state index contributed by atoms with van der Waals surface area (Å²) in [6, 6.07) is 5.38.